The first-order chi connectivity index (χ1) is 16.8. The standard InChI is InChI=1S/C24H20F2N4O5/c1-14-12-29(13-27-14)19-4-3-15(7-20(19)33-2)8-21-22-28-35-24(23(31)32,30(22)5-6-34-21)16-9-17(25)11-18(26)10-16/h3-4,7-13H,5-6H2,1-2H3,(H,31,32)/b21-8-. The lowest BCUT2D eigenvalue weighted by Crippen LogP contribution is -2.55. The molecule has 0 saturated carbocycles. The molecule has 0 aliphatic carbocycles. The van der Waals surface area contributed by atoms with E-state index in [2.05, 4.69) is 10.1 Å². The summed E-state index contributed by atoms with van der Waals surface area (Å²) in [6.45, 7) is 2.06. The van der Waals surface area contributed by atoms with Gasteiger partial charge in [0.1, 0.15) is 24.0 Å². The maximum absolute atomic E-state index is 13.9. The average molecular weight is 482 g/mol. The highest BCUT2D eigenvalue weighted by atomic mass is 19.1. The maximum Gasteiger partial charge on any atom is 0.377 e. The lowest BCUT2D eigenvalue weighted by Gasteiger charge is -2.36. The van der Waals surface area contributed by atoms with Crippen LogP contribution in [0, 0.1) is 18.6 Å². The summed E-state index contributed by atoms with van der Waals surface area (Å²) < 4.78 is 41.0. The fourth-order valence-electron chi connectivity index (χ4n) is 4.15. The van der Waals surface area contributed by atoms with Crippen molar-refractivity contribution < 1.29 is 33.0 Å². The maximum atomic E-state index is 13.9. The van der Waals surface area contributed by atoms with Gasteiger partial charge in [-0.05, 0) is 42.8 Å². The highest BCUT2D eigenvalue weighted by Gasteiger charge is 2.57. The van der Waals surface area contributed by atoms with E-state index in [-0.39, 0.29) is 30.3 Å². The van der Waals surface area contributed by atoms with E-state index in [1.165, 1.54) is 4.90 Å². The zero-order valence-electron chi connectivity index (χ0n) is 18.7. The summed E-state index contributed by atoms with van der Waals surface area (Å²) in [5.41, 5.74) is -0.146. The van der Waals surface area contributed by atoms with Crippen molar-refractivity contribution in [1.29, 1.82) is 0 Å². The van der Waals surface area contributed by atoms with Crippen LogP contribution in [0.1, 0.15) is 16.8 Å². The molecule has 1 fully saturated rings. The normalized spacial score (nSPS) is 20.2. The summed E-state index contributed by atoms with van der Waals surface area (Å²) in [5, 5.41) is 14.0. The van der Waals surface area contributed by atoms with Gasteiger partial charge in [0, 0.05) is 17.8 Å². The van der Waals surface area contributed by atoms with Crippen LogP contribution >= 0.6 is 0 Å². The Morgan fingerprint density at radius 2 is 2.00 bits per heavy atom. The molecule has 11 heteroatoms. The fraction of sp³-hybridized carbons (Fsp3) is 0.208. The number of aromatic nitrogens is 2. The molecule has 0 radical (unpaired) electrons. The van der Waals surface area contributed by atoms with E-state index in [4.69, 9.17) is 14.3 Å². The van der Waals surface area contributed by atoms with Crippen LogP contribution in [-0.2, 0) is 20.1 Å². The zero-order chi connectivity index (χ0) is 24.7. The third kappa shape index (κ3) is 3.74. The molecule has 1 saturated heterocycles. The molecule has 1 unspecified atom stereocenters. The smallest absolute Gasteiger partial charge is 0.377 e. The molecule has 2 aliphatic rings. The van der Waals surface area contributed by atoms with Crippen LogP contribution in [-0.4, -0.2) is 51.6 Å². The number of imidazole rings is 1. The van der Waals surface area contributed by atoms with Gasteiger partial charge < -0.3 is 24.0 Å². The second-order valence-corrected chi connectivity index (χ2v) is 7.98. The van der Waals surface area contributed by atoms with Gasteiger partial charge in [-0.3, -0.25) is 4.90 Å². The number of carbonyl (C=O) groups is 1. The predicted molar refractivity (Wildman–Crippen MR) is 120 cm³/mol. The fourth-order valence-corrected chi connectivity index (χ4v) is 4.15. The van der Waals surface area contributed by atoms with Crippen molar-refractivity contribution >= 4 is 17.9 Å². The molecule has 1 aromatic heterocycles. The summed E-state index contributed by atoms with van der Waals surface area (Å²) >= 11 is 0. The first-order valence-corrected chi connectivity index (χ1v) is 10.6. The molecule has 1 N–H and O–H groups in total. The monoisotopic (exact) mass is 482 g/mol. The Morgan fingerprint density at radius 1 is 1.23 bits per heavy atom. The Bertz CT molecular complexity index is 1370. The van der Waals surface area contributed by atoms with Gasteiger partial charge in [0.15, 0.2) is 5.76 Å². The molecule has 0 spiro atoms. The zero-order valence-corrected chi connectivity index (χ0v) is 18.7. The largest absolute Gasteiger partial charge is 0.495 e. The van der Waals surface area contributed by atoms with E-state index in [0.29, 0.717) is 17.4 Å². The number of hydrogen-bond donors (Lipinski definition) is 1. The second-order valence-electron chi connectivity index (χ2n) is 7.98. The lowest BCUT2D eigenvalue weighted by atomic mass is 9.99. The molecule has 5 rings (SSSR count). The predicted octanol–water partition coefficient (Wildman–Crippen LogP) is 3.42. The number of fused-ring (bicyclic) bond motifs is 1. The third-order valence-corrected chi connectivity index (χ3v) is 5.73. The molecule has 180 valence electrons. The number of amidine groups is 1. The van der Waals surface area contributed by atoms with E-state index < -0.39 is 23.3 Å². The summed E-state index contributed by atoms with van der Waals surface area (Å²) in [7, 11) is 1.55. The molecule has 3 aromatic rings. The number of carboxylic acids is 1. The first-order valence-electron chi connectivity index (χ1n) is 10.6. The van der Waals surface area contributed by atoms with Gasteiger partial charge in [0.2, 0.25) is 5.84 Å². The van der Waals surface area contributed by atoms with Crippen LogP contribution in [0.5, 0.6) is 5.75 Å². The minimum Gasteiger partial charge on any atom is -0.495 e. The van der Waals surface area contributed by atoms with Crippen LogP contribution < -0.4 is 4.74 Å². The van der Waals surface area contributed by atoms with Gasteiger partial charge in [0.25, 0.3) is 0 Å². The number of hydrogen-bond acceptors (Lipinski definition) is 7. The summed E-state index contributed by atoms with van der Waals surface area (Å²) in [6.07, 6.45) is 5.20. The Hall–Kier alpha value is -4.41. The van der Waals surface area contributed by atoms with Crippen molar-refractivity contribution in [3.63, 3.8) is 0 Å². The van der Waals surface area contributed by atoms with E-state index in [9.17, 15) is 18.7 Å². The molecular weight excluding hydrogens is 462 g/mol. The minimum absolute atomic E-state index is 0.0723. The number of rotatable bonds is 5. The van der Waals surface area contributed by atoms with E-state index in [1.54, 1.807) is 25.6 Å². The van der Waals surface area contributed by atoms with Gasteiger partial charge >= 0.3 is 11.7 Å². The highest BCUT2D eigenvalue weighted by Crippen LogP contribution is 2.40. The van der Waals surface area contributed by atoms with Gasteiger partial charge in [-0.15, -0.1) is 0 Å². The van der Waals surface area contributed by atoms with Crippen molar-refractivity contribution in [3.05, 3.63) is 83.1 Å². The third-order valence-electron chi connectivity index (χ3n) is 5.73. The van der Waals surface area contributed by atoms with Gasteiger partial charge in [-0.25, -0.2) is 18.6 Å². The summed E-state index contributed by atoms with van der Waals surface area (Å²) in [6, 6.07) is 7.93. The Kier molecular flexibility index (Phi) is 5.39. The Morgan fingerprint density at radius 3 is 2.66 bits per heavy atom. The van der Waals surface area contributed by atoms with Crippen LogP contribution in [0.3, 0.4) is 0 Å². The van der Waals surface area contributed by atoms with Gasteiger partial charge in [-0.1, -0.05) is 11.2 Å². The van der Waals surface area contributed by atoms with Crippen LogP contribution in [0.2, 0.25) is 0 Å². The van der Waals surface area contributed by atoms with Crippen molar-refractivity contribution in [1.82, 2.24) is 14.5 Å². The van der Waals surface area contributed by atoms with E-state index in [0.717, 1.165) is 23.5 Å². The molecule has 3 heterocycles. The summed E-state index contributed by atoms with van der Waals surface area (Å²) in [5.74, 6) is -2.42. The molecule has 9 nitrogen and oxygen atoms in total. The topological polar surface area (TPSA) is 98.4 Å². The number of aliphatic carboxylic acids is 1. The van der Waals surface area contributed by atoms with Crippen molar-refractivity contribution in [2.45, 2.75) is 12.6 Å². The summed E-state index contributed by atoms with van der Waals surface area (Å²) in [4.78, 5) is 23.3. The number of oxime groups is 1. The first kappa shape index (κ1) is 22.4. The van der Waals surface area contributed by atoms with Crippen molar-refractivity contribution in [3.8, 4) is 11.4 Å². The van der Waals surface area contributed by atoms with Crippen LogP contribution in [0.15, 0.2) is 59.8 Å². The van der Waals surface area contributed by atoms with Gasteiger partial charge in [-0.2, -0.15) is 0 Å². The minimum atomic E-state index is -2.23. The molecule has 2 aliphatic heterocycles. The number of nitrogens with zero attached hydrogens (tertiary/aromatic N) is 4. The second kappa shape index (κ2) is 8.42. The van der Waals surface area contributed by atoms with Crippen molar-refractivity contribution in [2.75, 3.05) is 20.3 Å². The number of carboxylic acid groups (broad SMARTS) is 1. The van der Waals surface area contributed by atoms with Gasteiger partial charge in [0.05, 0.1) is 31.4 Å². The average Bonchev–Trinajstić information content (AvgIpc) is 3.43. The molecule has 2 aromatic carbocycles. The Balaban J connectivity index is 1.51. The highest BCUT2D eigenvalue weighted by molar-refractivity contribution is 6.04. The lowest BCUT2D eigenvalue weighted by molar-refractivity contribution is -0.184. The van der Waals surface area contributed by atoms with E-state index >= 15 is 0 Å². The van der Waals surface area contributed by atoms with Crippen LogP contribution in [0.25, 0.3) is 11.8 Å². The van der Waals surface area contributed by atoms with Crippen molar-refractivity contribution in [2.24, 2.45) is 5.16 Å². The SMILES string of the molecule is COc1cc(/C=C2\OCCN3C2=NOC3(C(=O)O)c2cc(F)cc(F)c2)ccc1-n1cnc(C)c1. The number of benzene rings is 2. The van der Waals surface area contributed by atoms with E-state index in [1.807, 2.05) is 29.8 Å². The molecule has 0 amide bonds. The number of ether oxygens (including phenoxy) is 2. The van der Waals surface area contributed by atoms with Crippen LogP contribution in [0.4, 0.5) is 8.78 Å². The molecule has 35 heavy (non-hydrogen) atoms. The number of aryl methyl sites for hydroxylation is 1. The molecule has 0 bridgehead atoms. The molecule has 1 atom stereocenters. The quantitative estimate of drug-likeness (QED) is 0.595. The number of methoxy groups -OCH3 is 1. The Labute approximate surface area is 198 Å². The molecular formula is C24H20F2N4O5. The number of halogens is 2. The number of morpholine rings is 1.